The minimum absolute atomic E-state index is 0.0166. The van der Waals surface area contributed by atoms with Gasteiger partial charge in [0.05, 0.1) is 12.2 Å². The Morgan fingerprint density at radius 3 is 2.95 bits per heavy atom. The Morgan fingerprint density at radius 1 is 1.45 bits per heavy atom. The van der Waals surface area contributed by atoms with Gasteiger partial charge in [0, 0.05) is 19.6 Å². The van der Waals surface area contributed by atoms with Crippen LogP contribution < -0.4 is 4.74 Å². The molecule has 1 heterocycles. The zero-order chi connectivity index (χ0) is 15.6. The Morgan fingerprint density at radius 2 is 2.23 bits per heavy atom. The van der Waals surface area contributed by atoms with Gasteiger partial charge in [-0.15, -0.1) is 0 Å². The molecule has 0 spiro atoms. The van der Waals surface area contributed by atoms with Gasteiger partial charge < -0.3 is 14.6 Å². The Balaban J connectivity index is 1.52. The summed E-state index contributed by atoms with van der Waals surface area (Å²) in [5.74, 6) is 0.181. The number of carbonyl (C=O) groups is 1. The van der Waals surface area contributed by atoms with Crippen molar-refractivity contribution in [1.29, 1.82) is 0 Å². The van der Waals surface area contributed by atoms with E-state index >= 15 is 0 Å². The Hall–Kier alpha value is -1.59. The van der Waals surface area contributed by atoms with Crippen LogP contribution in [0.1, 0.15) is 30.1 Å². The molecule has 0 amide bonds. The second-order valence-electron chi connectivity index (χ2n) is 6.36. The van der Waals surface area contributed by atoms with Crippen LogP contribution >= 0.6 is 0 Å². The molecule has 1 saturated carbocycles. The van der Waals surface area contributed by atoms with E-state index in [4.69, 9.17) is 14.6 Å². The summed E-state index contributed by atoms with van der Waals surface area (Å²) in [6.45, 7) is 6.09. The van der Waals surface area contributed by atoms with Gasteiger partial charge in [0.15, 0.2) is 0 Å². The van der Waals surface area contributed by atoms with Crippen LogP contribution in [0.25, 0.3) is 0 Å². The monoisotopic (exact) mass is 305 g/mol. The van der Waals surface area contributed by atoms with Crippen LogP contribution in [0.15, 0.2) is 24.3 Å². The third kappa shape index (κ3) is 3.42. The van der Waals surface area contributed by atoms with Gasteiger partial charge in [-0.1, -0.05) is 12.1 Å². The number of hydrogen-bond acceptors (Lipinski definition) is 4. The fourth-order valence-corrected chi connectivity index (χ4v) is 3.16. The van der Waals surface area contributed by atoms with Gasteiger partial charge in [-0.25, -0.2) is 4.79 Å². The Bertz CT molecular complexity index is 543. The van der Waals surface area contributed by atoms with Gasteiger partial charge in [-0.3, -0.25) is 4.90 Å². The molecule has 1 aliphatic carbocycles. The molecular weight excluding hydrogens is 282 g/mol. The summed E-state index contributed by atoms with van der Waals surface area (Å²) in [6.07, 6.45) is 2.54. The fraction of sp³-hybridized carbons (Fsp3) is 0.588. The first-order valence-electron chi connectivity index (χ1n) is 7.90. The van der Waals surface area contributed by atoms with E-state index in [1.807, 2.05) is 0 Å². The minimum atomic E-state index is -0.955. The van der Waals surface area contributed by atoms with Crippen molar-refractivity contribution in [3.63, 3.8) is 0 Å². The van der Waals surface area contributed by atoms with E-state index in [2.05, 4.69) is 11.8 Å². The summed E-state index contributed by atoms with van der Waals surface area (Å²) in [4.78, 5) is 13.5. The lowest BCUT2D eigenvalue weighted by molar-refractivity contribution is -0.112. The molecule has 1 aliphatic heterocycles. The summed E-state index contributed by atoms with van der Waals surface area (Å²) in [6, 6.07) is 6.77. The summed E-state index contributed by atoms with van der Waals surface area (Å²) >= 11 is 0. The molecular formula is C17H23NO4. The zero-order valence-electron chi connectivity index (χ0n) is 13.0. The van der Waals surface area contributed by atoms with E-state index in [0.717, 1.165) is 26.2 Å². The standard InChI is InChI=1S/C17H23NO4/c1-17(13-6-7-13)12-18(9-11-22-17)8-10-21-15-5-3-2-4-14(15)16(19)20/h2-5,13H,6-12H2,1H3,(H,19,20). The highest BCUT2D eigenvalue weighted by atomic mass is 16.5. The number of benzene rings is 1. The van der Waals surface area contributed by atoms with Crippen molar-refractivity contribution in [3.8, 4) is 5.75 Å². The molecule has 22 heavy (non-hydrogen) atoms. The van der Waals surface area contributed by atoms with Crippen molar-refractivity contribution in [2.75, 3.05) is 32.8 Å². The van der Waals surface area contributed by atoms with Crippen molar-refractivity contribution in [2.24, 2.45) is 5.92 Å². The lowest BCUT2D eigenvalue weighted by atomic mass is 9.98. The largest absolute Gasteiger partial charge is 0.491 e. The number of rotatable bonds is 6. The predicted molar refractivity (Wildman–Crippen MR) is 82.4 cm³/mol. The number of ether oxygens (including phenoxy) is 2. The number of nitrogens with zero attached hydrogens (tertiary/aromatic N) is 1. The topological polar surface area (TPSA) is 59.0 Å². The van der Waals surface area contributed by atoms with Crippen LogP contribution in [0.3, 0.4) is 0 Å². The first-order valence-corrected chi connectivity index (χ1v) is 7.90. The smallest absolute Gasteiger partial charge is 0.339 e. The SMILES string of the molecule is CC1(C2CC2)CN(CCOc2ccccc2C(=O)O)CCO1. The Labute approximate surface area is 130 Å². The van der Waals surface area contributed by atoms with E-state index in [0.29, 0.717) is 18.3 Å². The van der Waals surface area contributed by atoms with Crippen molar-refractivity contribution in [1.82, 2.24) is 4.90 Å². The Kier molecular flexibility index (Phi) is 4.36. The highest BCUT2D eigenvalue weighted by Gasteiger charge is 2.45. The van der Waals surface area contributed by atoms with Crippen LogP contribution in [0, 0.1) is 5.92 Å². The average molecular weight is 305 g/mol. The molecule has 2 aliphatic rings. The number of para-hydroxylation sites is 1. The lowest BCUT2D eigenvalue weighted by Gasteiger charge is -2.40. The molecule has 1 aromatic rings. The van der Waals surface area contributed by atoms with Crippen LogP contribution in [0.5, 0.6) is 5.75 Å². The highest BCUT2D eigenvalue weighted by Crippen LogP contribution is 2.43. The van der Waals surface area contributed by atoms with Gasteiger partial charge in [-0.2, -0.15) is 0 Å². The number of hydrogen-bond donors (Lipinski definition) is 1. The van der Waals surface area contributed by atoms with Crippen molar-refractivity contribution in [2.45, 2.75) is 25.4 Å². The summed E-state index contributed by atoms with van der Waals surface area (Å²) < 4.78 is 11.7. The first-order chi connectivity index (χ1) is 10.6. The van der Waals surface area contributed by atoms with Gasteiger partial charge in [0.2, 0.25) is 0 Å². The minimum Gasteiger partial charge on any atom is -0.491 e. The van der Waals surface area contributed by atoms with Crippen LogP contribution in [-0.2, 0) is 4.74 Å². The molecule has 3 rings (SSSR count). The third-order valence-electron chi connectivity index (χ3n) is 4.60. The quantitative estimate of drug-likeness (QED) is 0.873. The molecule has 120 valence electrons. The molecule has 0 aromatic heterocycles. The van der Waals surface area contributed by atoms with E-state index in [1.54, 1.807) is 24.3 Å². The third-order valence-corrected chi connectivity index (χ3v) is 4.60. The lowest BCUT2D eigenvalue weighted by Crippen LogP contribution is -2.52. The molecule has 0 radical (unpaired) electrons. The number of aromatic carboxylic acids is 1. The van der Waals surface area contributed by atoms with Crippen molar-refractivity contribution >= 4 is 5.97 Å². The maximum atomic E-state index is 11.1. The van der Waals surface area contributed by atoms with Crippen LogP contribution in [-0.4, -0.2) is 54.4 Å². The molecule has 1 unspecified atom stereocenters. The van der Waals surface area contributed by atoms with E-state index in [-0.39, 0.29) is 11.2 Å². The van der Waals surface area contributed by atoms with E-state index < -0.39 is 5.97 Å². The van der Waals surface area contributed by atoms with E-state index in [1.165, 1.54) is 12.8 Å². The number of carboxylic acid groups (broad SMARTS) is 1. The summed E-state index contributed by atoms with van der Waals surface area (Å²) in [7, 11) is 0. The molecule has 1 aromatic carbocycles. The first kappa shape index (κ1) is 15.3. The molecule has 5 heteroatoms. The molecule has 1 saturated heterocycles. The number of carboxylic acids is 1. The van der Waals surface area contributed by atoms with Crippen LogP contribution in [0.4, 0.5) is 0 Å². The number of morpholine rings is 1. The fourth-order valence-electron chi connectivity index (χ4n) is 3.16. The zero-order valence-corrected chi connectivity index (χ0v) is 13.0. The van der Waals surface area contributed by atoms with Gasteiger partial charge in [0.25, 0.3) is 0 Å². The average Bonchev–Trinajstić information content (AvgIpc) is 3.33. The van der Waals surface area contributed by atoms with Gasteiger partial charge in [-0.05, 0) is 37.8 Å². The highest BCUT2D eigenvalue weighted by molar-refractivity contribution is 5.90. The second kappa shape index (κ2) is 6.26. The van der Waals surface area contributed by atoms with Crippen LogP contribution in [0.2, 0.25) is 0 Å². The maximum Gasteiger partial charge on any atom is 0.339 e. The summed E-state index contributed by atoms with van der Waals surface area (Å²) in [5.41, 5.74) is 0.198. The van der Waals surface area contributed by atoms with E-state index in [9.17, 15) is 4.79 Å². The van der Waals surface area contributed by atoms with Gasteiger partial charge >= 0.3 is 5.97 Å². The molecule has 1 atom stereocenters. The van der Waals surface area contributed by atoms with Crippen molar-refractivity contribution < 1.29 is 19.4 Å². The molecule has 5 nitrogen and oxygen atoms in total. The molecule has 0 bridgehead atoms. The molecule has 2 fully saturated rings. The van der Waals surface area contributed by atoms with Gasteiger partial charge in [0.1, 0.15) is 17.9 Å². The predicted octanol–water partition coefficient (Wildman–Crippen LogP) is 2.26. The van der Waals surface area contributed by atoms with Crippen molar-refractivity contribution in [3.05, 3.63) is 29.8 Å². The summed E-state index contributed by atoms with van der Waals surface area (Å²) in [5, 5.41) is 9.14. The second-order valence-corrected chi connectivity index (χ2v) is 6.36. The maximum absolute atomic E-state index is 11.1. The molecule has 1 N–H and O–H groups in total. The normalized spacial score (nSPS) is 25.9.